The van der Waals surface area contributed by atoms with Crippen LogP contribution in [0.2, 0.25) is 0 Å². The summed E-state index contributed by atoms with van der Waals surface area (Å²) in [7, 11) is 1.39. The van der Waals surface area contributed by atoms with Crippen molar-refractivity contribution in [3.8, 4) is 11.1 Å². The van der Waals surface area contributed by atoms with Crippen molar-refractivity contribution < 1.29 is 23.8 Å². The molecule has 0 aromatic heterocycles. The Labute approximate surface area is 179 Å². The summed E-state index contributed by atoms with van der Waals surface area (Å²) in [4.78, 5) is 25.5. The van der Waals surface area contributed by atoms with Gasteiger partial charge in [0.1, 0.15) is 18.5 Å². The van der Waals surface area contributed by atoms with Gasteiger partial charge >= 0.3 is 12.1 Å². The summed E-state index contributed by atoms with van der Waals surface area (Å²) < 4.78 is 19.0. The molecular formula is C25H22FNO4. The van der Waals surface area contributed by atoms with Crippen molar-refractivity contribution in [2.75, 3.05) is 13.7 Å². The summed E-state index contributed by atoms with van der Waals surface area (Å²) in [5.41, 5.74) is 4.87. The van der Waals surface area contributed by atoms with Gasteiger partial charge in [0.2, 0.25) is 0 Å². The number of carboxylic acids is 1. The minimum absolute atomic E-state index is 0.0201. The second kappa shape index (κ2) is 8.60. The number of ether oxygens (including phenoxy) is 1. The van der Waals surface area contributed by atoms with E-state index < -0.39 is 23.9 Å². The molecule has 5 nitrogen and oxygen atoms in total. The van der Waals surface area contributed by atoms with Gasteiger partial charge in [-0.2, -0.15) is 0 Å². The van der Waals surface area contributed by atoms with E-state index in [0.717, 1.165) is 27.2 Å². The third kappa shape index (κ3) is 4.14. The molecule has 0 fully saturated rings. The van der Waals surface area contributed by atoms with E-state index in [9.17, 15) is 19.1 Å². The predicted molar refractivity (Wildman–Crippen MR) is 114 cm³/mol. The fourth-order valence-corrected chi connectivity index (χ4v) is 4.10. The molecule has 0 bridgehead atoms. The van der Waals surface area contributed by atoms with Gasteiger partial charge in [0.05, 0.1) is 0 Å². The Kier molecular flexibility index (Phi) is 5.71. The number of rotatable bonds is 6. The minimum atomic E-state index is -1.18. The number of aliphatic carboxylic acids is 1. The number of likely N-dealkylation sites (N-methyl/N-ethyl adjacent to an activating group) is 1. The Morgan fingerprint density at radius 3 is 2.19 bits per heavy atom. The summed E-state index contributed by atoms with van der Waals surface area (Å²) in [6.07, 6.45) is -0.751. The summed E-state index contributed by atoms with van der Waals surface area (Å²) in [5.74, 6) is -1.75. The molecule has 1 atom stereocenters. The number of nitrogens with zero attached hydrogens (tertiary/aromatic N) is 1. The zero-order chi connectivity index (χ0) is 22.0. The molecule has 3 aromatic rings. The number of carboxylic acid groups (broad SMARTS) is 1. The molecule has 31 heavy (non-hydrogen) atoms. The van der Waals surface area contributed by atoms with E-state index in [0.29, 0.717) is 5.56 Å². The number of hydrogen-bond acceptors (Lipinski definition) is 3. The topological polar surface area (TPSA) is 66.8 Å². The van der Waals surface area contributed by atoms with Gasteiger partial charge in [-0.3, -0.25) is 4.90 Å². The van der Waals surface area contributed by atoms with Crippen LogP contribution in [-0.2, 0) is 16.0 Å². The molecule has 0 heterocycles. The fourth-order valence-electron chi connectivity index (χ4n) is 4.10. The van der Waals surface area contributed by atoms with Gasteiger partial charge in [0.15, 0.2) is 0 Å². The minimum Gasteiger partial charge on any atom is -0.480 e. The predicted octanol–water partition coefficient (Wildman–Crippen LogP) is 4.70. The molecule has 158 valence electrons. The van der Waals surface area contributed by atoms with Crippen molar-refractivity contribution in [3.05, 3.63) is 95.3 Å². The number of fused-ring (bicyclic) bond motifs is 3. The maximum Gasteiger partial charge on any atom is 0.410 e. The molecule has 1 aliphatic rings. The van der Waals surface area contributed by atoms with Crippen LogP contribution in [0.25, 0.3) is 11.1 Å². The third-order valence-corrected chi connectivity index (χ3v) is 5.69. The van der Waals surface area contributed by atoms with Crippen molar-refractivity contribution in [1.29, 1.82) is 0 Å². The van der Waals surface area contributed by atoms with E-state index in [1.165, 1.54) is 25.2 Å². The van der Waals surface area contributed by atoms with Gasteiger partial charge in [0.25, 0.3) is 0 Å². The smallest absolute Gasteiger partial charge is 0.410 e. The molecule has 0 radical (unpaired) electrons. The molecule has 1 amide bonds. The van der Waals surface area contributed by atoms with E-state index in [1.807, 2.05) is 48.5 Å². The Morgan fingerprint density at radius 2 is 1.61 bits per heavy atom. The van der Waals surface area contributed by atoms with Crippen LogP contribution in [0, 0.1) is 5.82 Å². The number of hydrogen-bond donors (Lipinski definition) is 1. The summed E-state index contributed by atoms with van der Waals surface area (Å²) in [6, 6.07) is 20.5. The lowest BCUT2D eigenvalue weighted by molar-refractivity contribution is -0.142. The fraction of sp³-hybridized carbons (Fsp3) is 0.200. The molecule has 3 aromatic carbocycles. The Morgan fingerprint density at radius 1 is 1.00 bits per heavy atom. The number of benzene rings is 3. The largest absolute Gasteiger partial charge is 0.480 e. The first-order chi connectivity index (χ1) is 15.0. The van der Waals surface area contributed by atoms with Crippen molar-refractivity contribution in [2.24, 2.45) is 0 Å². The third-order valence-electron chi connectivity index (χ3n) is 5.69. The summed E-state index contributed by atoms with van der Waals surface area (Å²) in [5, 5.41) is 9.62. The van der Waals surface area contributed by atoms with Crippen molar-refractivity contribution in [3.63, 3.8) is 0 Å². The van der Waals surface area contributed by atoms with Crippen LogP contribution >= 0.6 is 0 Å². The number of halogens is 1. The van der Waals surface area contributed by atoms with Crippen LogP contribution in [0.5, 0.6) is 0 Å². The number of amides is 1. The summed E-state index contributed by atoms with van der Waals surface area (Å²) in [6.45, 7) is 0.101. The first kappa shape index (κ1) is 20.6. The van der Waals surface area contributed by atoms with E-state index in [2.05, 4.69) is 0 Å². The first-order valence-corrected chi connectivity index (χ1v) is 10.0. The zero-order valence-electron chi connectivity index (χ0n) is 17.0. The highest BCUT2D eigenvalue weighted by Gasteiger charge is 2.32. The lowest BCUT2D eigenvalue weighted by atomic mass is 9.98. The van der Waals surface area contributed by atoms with E-state index in [-0.39, 0.29) is 18.9 Å². The molecule has 0 aliphatic heterocycles. The van der Waals surface area contributed by atoms with Crippen LogP contribution in [0.4, 0.5) is 9.18 Å². The Bertz CT molecular complexity index is 1080. The maximum absolute atomic E-state index is 13.5. The van der Waals surface area contributed by atoms with Gasteiger partial charge in [-0.1, -0.05) is 60.7 Å². The highest BCUT2D eigenvalue weighted by atomic mass is 19.1. The van der Waals surface area contributed by atoms with Crippen LogP contribution in [0.3, 0.4) is 0 Å². The standard InChI is InChI=1S/C25H22FNO4/c1-27(23(24(28)29)14-16-7-6-8-17(26)13-16)25(30)31-15-22-20-11-4-2-9-18(20)19-10-3-5-12-21(19)22/h2-13,22-23H,14-15H2,1H3,(H,28,29)/t23-/m0/s1. The Hall–Kier alpha value is -3.67. The van der Waals surface area contributed by atoms with Crippen LogP contribution < -0.4 is 0 Å². The highest BCUT2D eigenvalue weighted by molar-refractivity contribution is 5.81. The molecule has 1 aliphatic carbocycles. The summed E-state index contributed by atoms with van der Waals surface area (Å²) >= 11 is 0. The quantitative estimate of drug-likeness (QED) is 0.629. The van der Waals surface area contributed by atoms with Crippen LogP contribution in [0.1, 0.15) is 22.6 Å². The lowest BCUT2D eigenvalue weighted by Gasteiger charge is -2.25. The first-order valence-electron chi connectivity index (χ1n) is 10.0. The van der Waals surface area contributed by atoms with Gasteiger partial charge in [0, 0.05) is 19.4 Å². The molecule has 1 N–H and O–H groups in total. The molecule has 0 unspecified atom stereocenters. The molecular weight excluding hydrogens is 397 g/mol. The van der Waals surface area contributed by atoms with Crippen LogP contribution in [-0.4, -0.2) is 41.8 Å². The van der Waals surface area contributed by atoms with Crippen molar-refractivity contribution in [1.82, 2.24) is 4.90 Å². The molecule has 6 heteroatoms. The second-order valence-electron chi connectivity index (χ2n) is 7.60. The average molecular weight is 419 g/mol. The second-order valence-corrected chi connectivity index (χ2v) is 7.60. The van der Waals surface area contributed by atoms with E-state index >= 15 is 0 Å². The molecule has 0 spiro atoms. The SMILES string of the molecule is CN(C(=O)OCC1c2ccccc2-c2ccccc21)[C@@H](Cc1cccc(F)c1)C(=O)O. The van der Waals surface area contributed by atoms with Gasteiger partial charge in [-0.25, -0.2) is 14.0 Å². The molecule has 0 saturated heterocycles. The normalized spacial score (nSPS) is 13.2. The zero-order valence-corrected chi connectivity index (χ0v) is 17.0. The van der Waals surface area contributed by atoms with E-state index in [4.69, 9.17) is 4.74 Å². The Balaban J connectivity index is 1.48. The average Bonchev–Trinajstić information content (AvgIpc) is 3.09. The monoisotopic (exact) mass is 419 g/mol. The molecule has 0 saturated carbocycles. The highest BCUT2D eigenvalue weighted by Crippen LogP contribution is 2.44. The van der Waals surface area contributed by atoms with Crippen LogP contribution in [0.15, 0.2) is 72.8 Å². The van der Waals surface area contributed by atoms with Gasteiger partial charge < -0.3 is 9.84 Å². The molecule has 4 rings (SSSR count). The number of carbonyl (C=O) groups is 2. The van der Waals surface area contributed by atoms with Gasteiger partial charge in [-0.15, -0.1) is 0 Å². The maximum atomic E-state index is 13.5. The lowest BCUT2D eigenvalue weighted by Crippen LogP contribution is -2.44. The van der Waals surface area contributed by atoms with Gasteiger partial charge in [-0.05, 0) is 39.9 Å². The number of carbonyl (C=O) groups excluding carboxylic acids is 1. The van der Waals surface area contributed by atoms with Crippen molar-refractivity contribution >= 4 is 12.1 Å². The van der Waals surface area contributed by atoms with Crippen molar-refractivity contribution in [2.45, 2.75) is 18.4 Å². The van der Waals surface area contributed by atoms with E-state index in [1.54, 1.807) is 6.07 Å².